The summed E-state index contributed by atoms with van der Waals surface area (Å²) in [6, 6.07) is 60.4. The summed E-state index contributed by atoms with van der Waals surface area (Å²) >= 11 is 0. The van der Waals surface area contributed by atoms with Crippen molar-refractivity contribution in [1.82, 2.24) is 0 Å². The van der Waals surface area contributed by atoms with E-state index in [2.05, 4.69) is 378 Å². The van der Waals surface area contributed by atoms with Gasteiger partial charge in [0.15, 0.2) is 0 Å². The Bertz CT molecular complexity index is 4310. The quantitative estimate of drug-likeness (QED) is 0.121. The summed E-state index contributed by atoms with van der Waals surface area (Å²) in [5.74, 6) is 6.26. The Labute approximate surface area is 735 Å². The first-order valence-corrected chi connectivity index (χ1v) is 48.0. The Kier molecular flexibility index (Phi) is 41.3. The lowest BCUT2D eigenvalue weighted by molar-refractivity contribution is 0.560. The molecule has 14 rings (SSSR count). The average Bonchev–Trinajstić information content (AvgIpc) is 1.78. The first kappa shape index (κ1) is 101. The molecule has 0 nitrogen and oxygen atoms in total. The van der Waals surface area contributed by atoms with Gasteiger partial charge in [-0.1, -0.05) is 375 Å². The molecular weight excluding hydrogens is 1430 g/mol. The van der Waals surface area contributed by atoms with Gasteiger partial charge in [-0.15, -0.1) is 0 Å². The molecule has 0 saturated heterocycles. The third-order valence-electron chi connectivity index (χ3n) is 27.2. The van der Waals surface area contributed by atoms with Crippen molar-refractivity contribution in [3.05, 3.63) is 314 Å². The highest BCUT2D eigenvalue weighted by Crippen LogP contribution is 2.45. The fourth-order valence-electron chi connectivity index (χ4n) is 20.5. The van der Waals surface area contributed by atoms with E-state index >= 15 is 0 Å². The van der Waals surface area contributed by atoms with Gasteiger partial charge in [0.2, 0.25) is 0 Å². The number of hydrogen-bond donors (Lipinski definition) is 0. The van der Waals surface area contributed by atoms with E-state index in [1.54, 1.807) is 38.9 Å². The maximum atomic E-state index is 2.48. The Balaban J connectivity index is 0.000000209. The topological polar surface area (TPSA) is 0 Å². The molecule has 9 aromatic carbocycles. The van der Waals surface area contributed by atoms with Crippen molar-refractivity contribution >= 4 is 0 Å². The van der Waals surface area contributed by atoms with Crippen LogP contribution in [0.4, 0.5) is 0 Å². The molecule has 0 bridgehead atoms. The molecular formula is C119H174. The fraction of sp³-hybridized carbons (Fsp3) is 0.546. The molecule has 9 aromatic rings. The van der Waals surface area contributed by atoms with Gasteiger partial charge in [-0.05, 0) is 365 Å². The molecule has 5 aliphatic carbocycles. The summed E-state index contributed by atoms with van der Waals surface area (Å²) in [5, 5.41) is 0. The predicted molar refractivity (Wildman–Crippen MR) is 532 cm³/mol. The van der Waals surface area contributed by atoms with E-state index < -0.39 is 0 Å². The molecule has 0 N–H and O–H groups in total. The lowest BCUT2D eigenvalue weighted by Gasteiger charge is -2.29. The summed E-state index contributed by atoms with van der Waals surface area (Å²) in [4.78, 5) is 0. The molecule has 0 aromatic heterocycles. The molecule has 0 aliphatic heterocycles. The van der Waals surface area contributed by atoms with Crippen LogP contribution in [0.1, 0.15) is 451 Å². The highest BCUT2D eigenvalue weighted by Gasteiger charge is 2.28. The Hall–Kier alpha value is -7.02. The SMILES string of the molecule is CCc1cc(C)cc(CC)c1C.CCc1ccccc1C.Cc1c(C2CCCC2)cccc1C1CCCC1.Cc1cc(C(C)(C)C)c(C)c(C(C)(C)C)c1.Cc1cc(C(C)C)c(C)c(C(C)C)c1.Cc1cc(C2CCCC2)c(C)c(C2CCCC2)c1.Cc1ccccc1C(C)(C)C.Cc1ccccc1C(C)C.Cc1ccccc1C1CCCC1. The lowest BCUT2D eigenvalue weighted by atomic mass is 9.76. The number of rotatable bonds is 11. The average molecular weight is 1600 g/mol. The van der Waals surface area contributed by atoms with Crippen LogP contribution in [0.2, 0.25) is 0 Å². The molecule has 0 amide bonds. The second-order valence-corrected chi connectivity index (χ2v) is 41.0. The highest BCUT2D eigenvalue weighted by molar-refractivity contribution is 5.47. The molecule has 0 radical (unpaired) electrons. The lowest BCUT2D eigenvalue weighted by Crippen LogP contribution is -2.19. The van der Waals surface area contributed by atoms with Crippen LogP contribution in [-0.4, -0.2) is 0 Å². The van der Waals surface area contributed by atoms with E-state index in [0.29, 0.717) is 17.8 Å². The smallest absolute Gasteiger partial charge is 0.0129 e. The van der Waals surface area contributed by atoms with Gasteiger partial charge in [-0.25, -0.2) is 0 Å². The highest BCUT2D eigenvalue weighted by atomic mass is 14.3. The van der Waals surface area contributed by atoms with Crippen molar-refractivity contribution < 1.29 is 0 Å². The van der Waals surface area contributed by atoms with Crippen molar-refractivity contribution in [1.29, 1.82) is 0 Å². The van der Waals surface area contributed by atoms with Gasteiger partial charge in [0.1, 0.15) is 0 Å². The maximum Gasteiger partial charge on any atom is -0.0129 e. The van der Waals surface area contributed by atoms with E-state index in [4.69, 9.17) is 0 Å². The first-order valence-electron chi connectivity index (χ1n) is 48.0. The van der Waals surface area contributed by atoms with Gasteiger partial charge in [-0.3, -0.25) is 0 Å². The van der Waals surface area contributed by atoms with E-state index in [-0.39, 0.29) is 16.2 Å². The largest absolute Gasteiger partial charge is 0.0620 e. The van der Waals surface area contributed by atoms with Gasteiger partial charge >= 0.3 is 0 Å². The van der Waals surface area contributed by atoms with E-state index in [1.165, 1.54) is 240 Å². The second-order valence-electron chi connectivity index (χ2n) is 41.0. The Morgan fingerprint density at radius 2 is 0.529 bits per heavy atom. The van der Waals surface area contributed by atoms with Crippen LogP contribution in [0, 0.1) is 90.0 Å². The second kappa shape index (κ2) is 48.7. The zero-order valence-corrected chi connectivity index (χ0v) is 82.5. The minimum absolute atomic E-state index is 0.232. The summed E-state index contributed by atoms with van der Waals surface area (Å²) < 4.78 is 0. The Morgan fingerprint density at radius 1 is 0.235 bits per heavy atom. The molecule has 0 heterocycles. The van der Waals surface area contributed by atoms with Crippen molar-refractivity contribution in [3.63, 3.8) is 0 Å². The van der Waals surface area contributed by atoms with E-state index in [9.17, 15) is 0 Å². The molecule has 5 saturated carbocycles. The number of benzene rings is 9. The van der Waals surface area contributed by atoms with Crippen LogP contribution in [0.3, 0.4) is 0 Å². The summed E-state index contributed by atoms with van der Waals surface area (Å²) in [6.45, 7) is 69.7. The summed E-state index contributed by atoms with van der Waals surface area (Å²) in [6.07, 6.45) is 32.1. The van der Waals surface area contributed by atoms with E-state index in [0.717, 1.165) is 48.9 Å². The van der Waals surface area contributed by atoms with Crippen LogP contribution in [-0.2, 0) is 35.5 Å². The zero-order chi connectivity index (χ0) is 88.1. The molecule has 650 valence electrons. The number of hydrogen-bond acceptors (Lipinski definition) is 0. The van der Waals surface area contributed by atoms with Gasteiger partial charge in [-0.2, -0.15) is 0 Å². The summed E-state index contributed by atoms with van der Waals surface area (Å²) in [7, 11) is 0. The van der Waals surface area contributed by atoms with Crippen molar-refractivity contribution in [2.75, 3.05) is 0 Å². The number of aryl methyl sites for hydroxylation is 11. The van der Waals surface area contributed by atoms with Crippen LogP contribution in [0.15, 0.2) is 164 Å². The molecule has 5 fully saturated rings. The van der Waals surface area contributed by atoms with Gasteiger partial charge < -0.3 is 0 Å². The van der Waals surface area contributed by atoms with Gasteiger partial charge in [0, 0.05) is 0 Å². The van der Waals surface area contributed by atoms with Gasteiger partial charge in [0.05, 0.1) is 0 Å². The van der Waals surface area contributed by atoms with Crippen LogP contribution in [0.25, 0.3) is 0 Å². The third kappa shape index (κ3) is 31.1. The van der Waals surface area contributed by atoms with Crippen molar-refractivity contribution in [2.45, 2.75) is 426 Å². The summed E-state index contributed by atoms with van der Waals surface area (Å²) in [5.41, 5.74) is 41.5. The monoisotopic (exact) mass is 1600 g/mol. The normalized spacial score (nSPS) is 15.2. The first-order chi connectivity index (χ1) is 56.2. The fourth-order valence-corrected chi connectivity index (χ4v) is 20.5. The van der Waals surface area contributed by atoms with Crippen molar-refractivity contribution in [2.24, 2.45) is 0 Å². The molecule has 0 spiro atoms. The molecule has 5 aliphatic rings. The molecule has 119 heavy (non-hydrogen) atoms. The van der Waals surface area contributed by atoms with Crippen LogP contribution >= 0.6 is 0 Å². The molecule has 0 unspecified atom stereocenters. The van der Waals surface area contributed by atoms with E-state index in [1.807, 2.05) is 0 Å². The standard InChI is InChI=1S/C18H26.C17H24.C16H26.C14H22.C12H16.C12H18.C11H16.C10H14.C9H12/c1-13-11-17(15-7-3-4-8-15)14(2)18(12-13)16-9-5-6-10-16;1-13-16(14-7-2-3-8-14)11-6-12-17(13)15-9-4-5-10-15;1-11-9-13(15(3,4)5)12(2)14(10-11)16(6,7)8;1-9(2)13-7-11(5)8-14(10(3)4)12(13)6;1-10-6-2-5-9-12(10)11-7-3-4-8-11;1-5-11-7-9(3)8-12(6-2)10(11)4;1-9-7-5-6-8-10(9)11(2,3)4;1-8(2)10-7-5-4-6-9(10)3;1-3-9-7-5-4-6-8(9)2/h11-12,15-16H,3-10H2,1-2H3;6,11-12,14-15H,2-5,7-10H2,1H3;9-10H,1-8H3;7-10H,1-6H3;2,5-6,9,11H,3-4,7-8H2,1H3;7-8H,5-6H2,1-4H3;5-8H,1-4H3;4-8H,1-3H3;4-7H,3H2,1-2H3. The van der Waals surface area contributed by atoms with Gasteiger partial charge in [0.25, 0.3) is 0 Å². The Morgan fingerprint density at radius 3 is 0.857 bits per heavy atom. The van der Waals surface area contributed by atoms with Crippen LogP contribution < -0.4 is 0 Å². The zero-order valence-electron chi connectivity index (χ0n) is 82.5. The minimum atomic E-state index is 0.232. The predicted octanol–water partition coefficient (Wildman–Crippen LogP) is 36.4. The third-order valence-corrected chi connectivity index (χ3v) is 27.2. The van der Waals surface area contributed by atoms with Crippen LogP contribution in [0.5, 0.6) is 0 Å². The van der Waals surface area contributed by atoms with Crippen molar-refractivity contribution in [3.8, 4) is 0 Å². The molecule has 0 atom stereocenters. The molecule has 0 heteroatoms. The minimum Gasteiger partial charge on any atom is -0.0620 e. The maximum absolute atomic E-state index is 2.48.